The molecule has 0 unspecified atom stereocenters. The van der Waals surface area contributed by atoms with E-state index in [4.69, 9.17) is 5.14 Å². The number of primary sulfonamides is 1. The molecule has 0 fully saturated rings. The Kier molecular flexibility index (Phi) is 3.65. The monoisotopic (exact) mass is 234 g/mol. The molecule has 14 heavy (non-hydrogen) atoms. The second kappa shape index (κ2) is 4.39. The zero-order chi connectivity index (χ0) is 10.8. The van der Waals surface area contributed by atoms with Crippen LogP contribution in [-0.4, -0.2) is 15.0 Å². The van der Waals surface area contributed by atoms with Crippen LogP contribution in [0.3, 0.4) is 0 Å². The summed E-state index contributed by atoms with van der Waals surface area (Å²) < 4.78 is 22.5. The molecule has 80 valence electrons. The van der Waals surface area contributed by atoms with Gasteiger partial charge in [-0.05, 0) is 24.4 Å². The van der Waals surface area contributed by atoms with Gasteiger partial charge in [0.15, 0.2) is 0 Å². The van der Waals surface area contributed by atoms with Crippen molar-refractivity contribution in [2.45, 2.75) is 25.3 Å². The molecule has 0 bridgehead atoms. The van der Waals surface area contributed by atoms with E-state index < -0.39 is 10.0 Å². The standard InChI is InChI=1S/C8H14N2O2S2/c1-3-10-4-7-8(14(9,11)12)6(2)5-13-7/h5,10H,3-4H2,1-2H3,(H2,9,11,12). The minimum absolute atomic E-state index is 0.281. The molecule has 1 heterocycles. The van der Waals surface area contributed by atoms with Crippen molar-refractivity contribution in [3.63, 3.8) is 0 Å². The fourth-order valence-electron chi connectivity index (χ4n) is 1.23. The van der Waals surface area contributed by atoms with Crippen LogP contribution in [0, 0.1) is 6.92 Å². The summed E-state index contributed by atoms with van der Waals surface area (Å²) in [7, 11) is -3.58. The van der Waals surface area contributed by atoms with Crippen molar-refractivity contribution >= 4 is 21.4 Å². The Morgan fingerprint density at radius 2 is 2.21 bits per heavy atom. The van der Waals surface area contributed by atoms with E-state index in [0.29, 0.717) is 6.54 Å². The van der Waals surface area contributed by atoms with Crippen LogP contribution in [0.5, 0.6) is 0 Å². The molecule has 0 aliphatic carbocycles. The summed E-state index contributed by atoms with van der Waals surface area (Å²) in [4.78, 5) is 1.07. The van der Waals surface area contributed by atoms with Gasteiger partial charge in [-0.3, -0.25) is 0 Å². The maximum atomic E-state index is 11.3. The minimum Gasteiger partial charge on any atom is -0.312 e. The van der Waals surface area contributed by atoms with Gasteiger partial charge in [0.1, 0.15) is 0 Å². The molecule has 6 heteroatoms. The van der Waals surface area contributed by atoms with E-state index in [9.17, 15) is 8.42 Å². The van der Waals surface area contributed by atoms with Crippen LogP contribution in [0.2, 0.25) is 0 Å². The highest BCUT2D eigenvalue weighted by molar-refractivity contribution is 7.89. The molecule has 1 rings (SSSR count). The fraction of sp³-hybridized carbons (Fsp3) is 0.500. The molecule has 3 N–H and O–H groups in total. The number of hydrogen-bond donors (Lipinski definition) is 2. The van der Waals surface area contributed by atoms with Crippen molar-refractivity contribution < 1.29 is 8.42 Å². The third-order valence-electron chi connectivity index (χ3n) is 1.81. The van der Waals surface area contributed by atoms with E-state index in [1.807, 2.05) is 12.3 Å². The number of nitrogens with two attached hydrogens (primary N) is 1. The Labute approximate surface area is 88.2 Å². The van der Waals surface area contributed by atoms with Gasteiger partial charge in [0.05, 0.1) is 4.90 Å². The lowest BCUT2D eigenvalue weighted by atomic mass is 10.3. The second-order valence-electron chi connectivity index (χ2n) is 3.00. The lowest BCUT2D eigenvalue weighted by Crippen LogP contribution is -2.17. The average Bonchev–Trinajstić information content (AvgIpc) is 2.42. The molecule has 4 nitrogen and oxygen atoms in total. The van der Waals surface area contributed by atoms with Crippen LogP contribution in [0.1, 0.15) is 17.4 Å². The van der Waals surface area contributed by atoms with E-state index in [-0.39, 0.29) is 4.90 Å². The third kappa shape index (κ3) is 2.54. The minimum atomic E-state index is -3.58. The molecular weight excluding hydrogens is 220 g/mol. The molecule has 0 radical (unpaired) electrons. The summed E-state index contributed by atoms with van der Waals surface area (Å²) in [6, 6.07) is 0. The summed E-state index contributed by atoms with van der Waals surface area (Å²) in [6.45, 7) is 5.09. The van der Waals surface area contributed by atoms with Gasteiger partial charge < -0.3 is 5.32 Å². The van der Waals surface area contributed by atoms with E-state index in [1.54, 1.807) is 6.92 Å². The zero-order valence-corrected chi connectivity index (χ0v) is 9.83. The van der Waals surface area contributed by atoms with Gasteiger partial charge in [0, 0.05) is 11.4 Å². The first kappa shape index (κ1) is 11.6. The van der Waals surface area contributed by atoms with Gasteiger partial charge in [0.25, 0.3) is 0 Å². The van der Waals surface area contributed by atoms with Crippen LogP contribution >= 0.6 is 11.3 Å². The SMILES string of the molecule is CCNCc1scc(C)c1S(N)(=O)=O. The largest absolute Gasteiger partial charge is 0.312 e. The molecule has 1 aromatic heterocycles. The number of aryl methyl sites for hydroxylation is 1. The first-order valence-electron chi connectivity index (χ1n) is 4.27. The van der Waals surface area contributed by atoms with Crippen LogP contribution in [-0.2, 0) is 16.6 Å². The smallest absolute Gasteiger partial charge is 0.239 e. The topological polar surface area (TPSA) is 72.2 Å². The normalized spacial score (nSPS) is 11.9. The van der Waals surface area contributed by atoms with Gasteiger partial charge in [0.2, 0.25) is 10.0 Å². The highest BCUT2D eigenvalue weighted by Gasteiger charge is 2.18. The van der Waals surface area contributed by atoms with Crippen molar-refractivity contribution in [3.05, 3.63) is 15.8 Å². The molecule has 0 saturated carbocycles. The first-order chi connectivity index (χ1) is 6.46. The maximum absolute atomic E-state index is 11.3. The highest BCUT2D eigenvalue weighted by Crippen LogP contribution is 2.25. The summed E-state index contributed by atoms with van der Waals surface area (Å²) in [5.74, 6) is 0. The molecule has 0 amide bonds. The Morgan fingerprint density at radius 3 is 2.71 bits per heavy atom. The van der Waals surface area contributed by atoms with Gasteiger partial charge in [-0.1, -0.05) is 6.92 Å². The highest BCUT2D eigenvalue weighted by atomic mass is 32.2. The Morgan fingerprint density at radius 1 is 1.57 bits per heavy atom. The summed E-state index contributed by atoms with van der Waals surface area (Å²) in [6.07, 6.45) is 0. The number of rotatable bonds is 4. The van der Waals surface area contributed by atoms with Gasteiger partial charge in [-0.25, -0.2) is 13.6 Å². The third-order valence-corrected chi connectivity index (χ3v) is 4.18. The van der Waals surface area contributed by atoms with E-state index in [1.165, 1.54) is 11.3 Å². The van der Waals surface area contributed by atoms with Crippen LogP contribution in [0.25, 0.3) is 0 Å². The van der Waals surface area contributed by atoms with Crippen molar-refractivity contribution in [2.75, 3.05) is 6.54 Å². The molecule has 0 aliphatic heterocycles. The van der Waals surface area contributed by atoms with E-state index in [2.05, 4.69) is 5.32 Å². The van der Waals surface area contributed by atoms with Crippen molar-refractivity contribution in [2.24, 2.45) is 5.14 Å². The van der Waals surface area contributed by atoms with Crippen LogP contribution < -0.4 is 10.5 Å². The Balaban J connectivity index is 3.07. The lowest BCUT2D eigenvalue weighted by Gasteiger charge is -2.03. The molecule has 0 aromatic carbocycles. The molecule has 1 aromatic rings. The quantitative estimate of drug-likeness (QED) is 0.810. The predicted molar refractivity (Wildman–Crippen MR) is 57.8 cm³/mol. The van der Waals surface area contributed by atoms with Gasteiger partial charge in [-0.2, -0.15) is 0 Å². The zero-order valence-electron chi connectivity index (χ0n) is 8.20. The lowest BCUT2D eigenvalue weighted by molar-refractivity contribution is 0.595. The molecule has 0 atom stereocenters. The van der Waals surface area contributed by atoms with Gasteiger partial charge >= 0.3 is 0 Å². The second-order valence-corrected chi connectivity index (χ2v) is 5.46. The predicted octanol–water partition coefficient (Wildman–Crippen LogP) is 0.813. The van der Waals surface area contributed by atoms with Crippen molar-refractivity contribution in [1.29, 1.82) is 0 Å². The Hall–Kier alpha value is -0.430. The number of sulfonamides is 1. The molecule has 0 aliphatic rings. The average molecular weight is 234 g/mol. The van der Waals surface area contributed by atoms with E-state index in [0.717, 1.165) is 17.0 Å². The van der Waals surface area contributed by atoms with Gasteiger partial charge in [-0.15, -0.1) is 11.3 Å². The molecule has 0 saturated heterocycles. The Bertz CT molecular complexity index is 409. The van der Waals surface area contributed by atoms with Crippen molar-refractivity contribution in [3.8, 4) is 0 Å². The molecule has 0 spiro atoms. The first-order valence-corrected chi connectivity index (χ1v) is 6.70. The fourth-order valence-corrected chi connectivity index (χ4v) is 3.58. The number of hydrogen-bond acceptors (Lipinski definition) is 4. The molecular formula is C8H14N2O2S2. The number of thiophene rings is 1. The summed E-state index contributed by atoms with van der Waals surface area (Å²) in [5, 5.41) is 10.0. The van der Waals surface area contributed by atoms with Crippen LogP contribution in [0.15, 0.2) is 10.3 Å². The maximum Gasteiger partial charge on any atom is 0.239 e. The van der Waals surface area contributed by atoms with Crippen molar-refractivity contribution in [1.82, 2.24) is 5.32 Å². The van der Waals surface area contributed by atoms with Crippen LogP contribution in [0.4, 0.5) is 0 Å². The summed E-state index contributed by atoms with van der Waals surface area (Å²) in [5.41, 5.74) is 0.727. The van der Waals surface area contributed by atoms with E-state index >= 15 is 0 Å². The summed E-state index contributed by atoms with van der Waals surface area (Å²) >= 11 is 1.42. The number of nitrogens with one attached hydrogen (secondary N) is 1.